The quantitative estimate of drug-likeness (QED) is 0.384. The Hall–Kier alpha value is -0.710. The first-order valence-electron chi connectivity index (χ1n) is 8.99. The van der Waals surface area contributed by atoms with Gasteiger partial charge in [0.1, 0.15) is 5.78 Å². The van der Waals surface area contributed by atoms with Gasteiger partial charge in [-0.05, 0) is 18.9 Å². The van der Waals surface area contributed by atoms with Gasteiger partial charge in [-0.3, -0.25) is 4.57 Å². The Bertz CT molecular complexity index is 471. The molecule has 0 aliphatic rings. The van der Waals surface area contributed by atoms with E-state index in [-0.39, 0.29) is 6.61 Å². The second-order valence-corrected chi connectivity index (χ2v) is 8.34. The molecule has 1 rings (SSSR count). The van der Waals surface area contributed by atoms with Gasteiger partial charge < -0.3 is 15.0 Å². The SMILES string of the molecule is CCCCCCCNP(=O)(OCC)C(N)COCc1ccccc1. The molecule has 0 heterocycles. The maximum Gasteiger partial charge on any atom is 0.288 e. The molecule has 0 aromatic heterocycles. The van der Waals surface area contributed by atoms with E-state index in [4.69, 9.17) is 15.0 Å². The fourth-order valence-corrected chi connectivity index (χ4v) is 4.06. The molecule has 2 unspecified atom stereocenters. The molecule has 0 radical (unpaired) electrons. The average molecular weight is 356 g/mol. The molecular formula is C18H33N2O3P. The molecule has 2 atom stereocenters. The fraction of sp³-hybridized carbons (Fsp3) is 0.667. The van der Waals surface area contributed by atoms with Crippen molar-refractivity contribution in [3.05, 3.63) is 35.9 Å². The lowest BCUT2D eigenvalue weighted by Gasteiger charge is -2.25. The molecule has 138 valence electrons. The van der Waals surface area contributed by atoms with Crippen molar-refractivity contribution in [1.29, 1.82) is 0 Å². The molecule has 0 amide bonds. The fourth-order valence-electron chi connectivity index (χ4n) is 2.38. The molecule has 0 bridgehead atoms. The van der Waals surface area contributed by atoms with E-state index >= 15 is 0 Å². The first-order valence-corrected chi connectivity index (χ1v) is 10.7. The lowest BCUT2D eigenvalue weighted by molar-refractivity contribution is 0.117. The zero-order valence-electron chi connectivity index (χ0n) is 15.1. The van der Waals surface area contributed by atoms with Crippen LogP contribution in [0.5, 0.6) is 0 Å². The standard InChI is InChI=1S/C18H33N2O3P/c1-3-5-6-7-11-14-20-24(21,23-4-2)18(19)16-22-15-17-12-9-8-10-13-17/h8-10,12-13,18H,3-7,11,14-16,19H2,1-2H3,(H,20,21). The molecule has 0 fully saturated rings. The summed E-state index contributed by atoms with van der Waals surface area (Å²) in [6, 6.07) is 9.86. The third-order valence-corrected chi connectivity index (χ3v) is 6.10. The Labute approximate surface area is 146 Å². The Balaban J connectivity index is 2.35. The predicted octanol–water partition coefficient (Wildman–Crippen LogP) is 4.28. The summed E-state index contributed by atoms with van der Waals surface area (Å²) in [5.74, 6) is -0.656. The van der Waals surface area contributed by atoms with Crippen LogP contribution in [0, 0.1) is 0 Å². The van der Waals surface area contributed by atoms with Gasteiger partial charge in [-0.25, -0.2) is 5.09 Å². The van der Waals surface area contributed by atoms with Crippen LogP contribution in [0.15, 0.2) is 30.3 Å². The summed E-state index contributed by atoms with van der Waals surface area (Å²) in [4.78, 5) is 0. The van der Waals surface area contributed by atoms with E-state index in [1.54, 1.807) is 0 Å². The minimum Gasteiger partial charge on any atom is -0.375 e. The molecule has 0 aliphatic heterocycles. The lowest BCUT2D eigenvalue weighted by Crippen LogP contribution is -2.33. The van der Waals surface area contributed by atoms with Crippen LogP contribution in [0.25, 0.3) is 0 Å². The van der Waals surface area contributed by atoms with E-state index in [1.807, 2.05) is 37.3 Å². The van der Waals surface area contributed by atoms with E-state index < -0.39 is 13.3 Å². The van der Waals surface area contributed by atoms with Crippen molar-refractivity contribution in [3.63, 3.8) is 0 Å². The van der Waals surface area contributed by atoms with Gasteiger partial charge in [0.2, 0.25) is 0 Å². The summed E-state index contributed by atoms with van der Waals surface area (Å²) in [6.45, 7) is 5.70. The topological polar surface area (TPSA) is 73.6 Å². The summed E-state index contributed by atoms with van der Waals surface area (Å²) >= 11 is 0. The molecule has 1 aromatic rings. The zero-order chi connectivity index (χ0) is 17.7. The number of nitrogens with two attached hydrogens (primary N) is 1. The van der Waals surface area contributed by atoms with Crippen molar-refractivity contribution in [2.75, 3.05) is 19.8 Å². The third kappa shape index (κ3) is 8.41. The second-order valence-electron chi connectivity index (χ2n) is 5.91. The van der Waals surface area contributed by atoms with E-state index in [2.05, 4.69) is 12.0 Å². The zero-order valence-corrected chi connectivity index (χ0v) is 16.0. The summed E-state index contributed by atoms with van der Waals surface area (Å²) in [5, 5.41) is 3.05. The Morgan fingerprint density at radius 1 is 1.12 bits per heavy atom. The monoisotopic (exact) mass is 356 g/mol. The van der Waals surface area contributed by atoms with Crippen molar-refractivity contribution in [2.45, 2.75) is 58.3 Å². The maximum atomic E-state index is 12.9. The Morgan fingerprint density at radius 3 is 2.50 bits per heavy atom. The van der Waals surface area contributed by atoms with Crippen LogP contribution in [-0.4, -0.2) is 25.5 Å². The number of benzene rings is 1. The molecule has 0 saturated carbocycles. The minimum absolute atomic E-state index is 0.203. The molecule has 0 spiro atoms. The third-order valence-electron chi connectivity index (χ3n) is 3.77. The highest BCUT2D eigenvalue weighted by molar-refractivity contribution is 7.57. The Kier molecular flexibility index (Phi) is 11.2. The van der Waals surface area contributed by atoms with Crippen molar-refractivity contribution >= 4 is 7.52 Å². The first-order chi connectivity index (χ1) is 11.6. The van der Waals surface area contributed by atoms with Crippen LogP contribution >= 0.6 is 7.52 Å². The molecule has 1 aromatic carbocycles. The van der Waals surface area contributed by atoms with Crippen LogP contribution in [0.2, 0.25) is 0 Å². The number of hydrogen-bond donors (Lipinski definition) is 2. The normalized spacial score (nSPS) is 15.1. The van der Waals surface area contributed by atoms with E-state index in [9.17, 15) is 4.57 Å². The van der Waals surface area contributed by atoms with Gasteiger partial charge in [-0.15, -0.1) is 0 Å². The number of nitrogens with one attached hydrogen (secondary N) is 1. The first kappa shape index (κ1) is 21.3. The van der Waals surface area contributed by atoms with Crippen molar-refractivity contribution < 1.29 is 13.8 Å². The second kappa shape index (κ2) is 12.6. The van der Waals surface area contributed by atoms with Gasteiger partial charge >= 0.3 is 0 Å². The summed E-state index contributed by atoms with van der Waals surface area (Å²) in [5.41, 5.74) is 7.16. The smallest absolute Gasteiger partial charge is 0.288 e. The number of rotatable bonds is 14. The van der Waals surface area contributed by atoms with E-state index in [0.29, 0.717) is 19.8 Å². The van der Waals surface area contributed by atoms with Crippen molar-refractivity contribution in [3.8, 4) is 0 Å². The van der Waals surface area contributed by atoms with Crippen molar-refractivity contribution in [2.24, 2.45) is 5.73 Å². The molecule has 5 nitrogen and oxygen atoms in total. The molecule has 24 heavy (non-hydrogen) atoms. The van der Waals surface area contributed by atoms with Gasteiger partial charge in [-0.1, -0.05) is 62.9 Å². The molecular weight excluding hydrogens is 323 g/mol. The maximum absolute atomic E-state index is 12.9. The molecule has 3 N–H and O–H groups in total. The van der Waals surface area contributed by atoms with Crippen LogP contribution < -0.4 is 10.8 Å². The highest BCUT2D eigenvalue weighted by Gasteiger charge is 2.30. The van der Waals surface area contributed by atoms with Gasteiger partial charge in [-0.2, -0.15) is 0 Å². The van der Waals surface area contributed by atoms with Crippen LogP contribution in [-0.2, 0) is 20.4 Å². The summed E-state index contributed by atoms with van der Waals surface area (Å²) < 4.78 is 24.0. The number of hydrogen-bond acceptors (Lipinski definition) is 4. The average Bonchev–Trinajstić information content (AvgIpc) is 2.59. The van der Waals surface area contributed by atoms with Gasteiger partial charge in [0.25, 0.3) is 7.52 Å². The highest BCUT2D eigenvalue weighted by atomic mass is 31.2. The number of unbranched alkanes of at least 4 members (excludes halogenated alkanes) is 4. The molecule has 0 aliphatic carbocycles. The highest BCUT2D eigenvalue weighted by Crippen LogP contribution is 2.45. The van der Waals surface area contributed by atoms with Crippen LogP contribution in [0.4, 0.5) is 0 Å². The van der Waals surface area contributed by atoms with Crippen LogP contribution in [0.1, 0.15) is 51.5 Å². The van der Waals surface area contributed by atoms with Gasteiger partial charge in [0, 0.05) is 6.54 Å². The predicted molar refractivity (Wildman–Crippen MR) is 100 cm³/mol. The Morgan fingerprint density at radius 2 is 1.83 bits per heavy atom. The van der Waals surface area contributed by atoms with Gasteiger partial charge in [0.05, 0.1) is 19.8 Å². The van der Waals surface area contributed by atoms with Crippen molar-refractivity contribution in [1.82, 2.24) is 5.09 Å². The molecule has 0 saturated heterocycles. The minimum atomic E-state index is -3.08. The van der Waals surface area contributed by atoms with Crippen LogP contribution in [0.3, 0.4) is 0 Å². The van der Waals surface area contributed by atoms with E-state index in [0.717, 1.165) is 18.4 Å². The summed E-state index contributed by atoms with van der Waals surface area (Å²) in [7, 11) is -3.08. The number of ether oxygens (including phenoxy) is 1. The van der Waals surface area contributed by atoms with E-state index in [1.165, 1.54) is 19.3 Å². The summed E-state index contributed by atoms with van der Waals surface area (Å²) in [6.07, 6.45) is 5.79. The molecule has 6 heteroatoms. The lowest BCUT2D eigenvalue weighted by atomic mass is 10.2. The largest absolute Gasteiger partial charge is 0.375 e. The van der Waals surface area contributed by atoms with Gasteiger partial charge in [0.15, 0.2) is 0 Å².